The molecule has 1 aliphatic rings. The maximum atomic E-state index is 13.0. The van der Waals surface area contributed by atoms with Gasteiger partial charge in [-0.15, -0.1) is 10.2 Å². The standard InChI is InChI=1S/C19H29N5O3S2/c1-3-13-29(26,27)23-10-6-7-15(14-23)19(25)20-16(9-12-28-2)18-22-21-17-8-4-5-11-24(17)18/h4-5,8,11,15-16H,3,6-7,9-10,12-14H2,1-2H3,(H,20,25). The normalized spacial score (nSPS) is 19.3. The molecule has 0 radical (unpaired) electrons. The van der Waals surface area contributed by atoms with Crippen molar-refractivity contribution >= 4 is 33.3 Å². The molecule has 3 rings (SSSR count). The summed E-state index contributed by atoms with van der Waals surface area (Å²) in [5.41, 5.74) is 0.736. The molecule has 1 aliphatic heterocycles. The largest absolute Gasteiger partial charge is 0.346 e. The van der Waals surface area contributed by atoms with Crippen molar-refractivity contribution in [2.24, 2.45) is 5.92 Å². The molecule has 0 spiro atoms. The number of thioether (sulfide) groups is 1. The number of hydrogen-bond donors (Lipinski definition) is 1. The van der Waals surface area contributed by atoms with Crippen molar-refractivity contribution in [3.8, 4) is 0 Å². The van der Waals surface area contributed by atoms with Crippen molar-refractivity contribution < 1.29 is 13.2 Å². The summed E-state index contributed by atoms with van der Waals surface area (Å²) in [5, 5.41) is 11.6. The Morgan fingerprint density at radius 1 is 1.38 bits per heavy atom. The van der Waals surface area contributed by atoms with E-state index in [1.54, 1.807) is 11.8 Å². The second-order valence-corrected chi connectivity index (χ2v) is 10.4. The van der Waals surface area contributed by atoms with Gasteiger partial charge in [-0.2, -0.15) is 11.8 Å². The molecule has 3 heterocycles. The second kappa shape index (κ2) is 9.90. The van der Waals surface area contributed by atoms with Crippen LogP contribution >= 0.6 is 11.8 Å². The molecule has 2 unspecified atom stereocenters. The molecule has 1 fully saturated rings. The van der Waals surface area contributed by atoms with Gasteiger partial charge in [-0.1, -0.05) is 13.0 Å². The van der Waals surface area contributed by atoms with Gasteiger partial charge in [0.15, 0.2) is 11.5 Å². The summed E-state index contributed by atoms with van der Waals surface area (Å²) in [6.07, 6.45) is 6.62. The summed E-state index contributed by atoms with van der Waals surface area (Å²) >= 11 is 1.71. The molecule has 10 heteroatoms. The monoisotopic (exact) mass is 439 g/mol. The minimum Gasteiger partial charge on any atom is -0.346 e. The maximum absolute atomic E-state index is 13.0. The number of nitrogens with zero attached hydrogens (tertiary/aromatic N) is 4. The molecule has 29 heavy (non-hydrogen) atoms. The van der Waals surface area contributed by atoms with Crippen LogP contribution in [0.2, 0.25) is 0 Å². The highest BCUT2D eigenvalue weighted by Crippen LogP contribution is 2.23. The number of aromatic nitrogens is 3. The van der Waals surface area contributed by atoms with Crippen molar-refractivity contribution in [3.63, 3.8) is 0 Å². The Hall–Kier alpha value is -1.65. The first kappa shape index (κ1) is 22.0. The average molecular weight is 440 g/mol. The van der Waals surface area contributed by atoms with E-state index in [1.807, 2.05) is 42.0 Å². The van der Waals surface area contributed by atoms with Crippen molar-refractivity contribution in [2.75, 3.05) is 30.9 Å². The van der Waals surface area contributed by atoms with Crippen LogP contribution in [0.4, 0.5) is 0 Å². The molecule has 2 aromatic heterocycles. The lowest BCUT2D eigenvalue weighted by molar-refractivity contribution is -0.126. The minimum absolute atomic E-state index is 0.111. The van der Waals surface area contributed by atoms with E-state index >= 15 is 0 Å². The van der Waals surface area contributed by atoms with Crippen LogP contribution in [-0.2, 0) is 14.8 Å². The molecule has 0 aromatic carbocycles. The Kier molecular flexibility index (Phi) is 7.53. The minimum atomic E-state index is -3.29. The number of carbonyl (C=O) groups excluding carboxylic acids is 1. The number of fused-ring (bicyclic) bond motifs is 1. The summed E-state index contributed by atoms with van der Waals surface area (Å²) in [6.45, 7) is 2.60. The zero-order valence-corrected chi connectivity index (χ0v) is 18.6. The number of rotatable bonds is 9. The van der Waals surface area contributed by atoms with Gasteiger partial charge in [0.1, 0.15) is 0 Å². The van der Waals surface area contributed by atoms with E-state index in [2.05, 4.69) is 15.5 Å². The van der Waals surface area contributed by atoms with Crippen molar-refractivity contribution in [3.05, 3.63) is 30.2 Å². The lowest BCUT2D eigenvalue weighted by atomic mass is 9.98. The van der Waals surface area contributed by atoms with Gasteiger partial charge in [-0.05, 0) is 49.8 Å². The molecule has 8 nitrogen and oxygen atoms in total. The lowest BCUT2D eigenvalue weighted by Gasteiger charge is -2.32. The van der Waals surface area contributed by atoms with E-state index in [1.165, 1.54) is 4.31 Å². The van der Waals surface area contributed by atoms with Crippen molar-refractivity contribution in [1.29, 1.82) is 0 Å². The zero-order valence-electron chi connectivity index (χ0n) is 17.0. The van der Waals surface area contributed by atoms with E-state index in [4.69, 9.17) is 0 Å². The number of sulfonamides is 1. The SMILES string of the molecule is CCCS(=O)(=O)N1CCCC(C(=O)NC(CCSC)c2nnc3ccccn23)C1. The molecule has 1 saturated heterocycles. The molecular weight excluding hydrogens is 410 g/mol. The lowest BCUT2D eigenvalue weighted by Crippen LogP contribution is -2.46. The number of nitrogens with one attached hydrogen (secondary N) is 1. The van der Waals surface area contributed by atoms with Crippen LogP contribution in [0.3, 0.4) is 0 Å². The molecular formula is C19H29N5O3S2. The molecule has 2 atom stereocenters. The van der Waals surface area contributed by atoms with Gasteiger partial charge in [0, 0.05) is 19.3 Å². The van der Waals surface area contributed by atoms with Gasteiger partial charge in [0.25, 0.3) is 0 Å². The van der Waals surface area contributed by atoms with E-state index in [9.17, 15) is 13.2 Å². The van der Waals surface area contributed by atoms with Crippen LogP contribution in [0.5, 0.6) is 0 Å². The Bertz CT molecular complexity index is 931. The smallest absolute Gasteiger partial charge is 0.225 e. The van der Waals surface area contributed by atoms with Gasteiger partial charge in [0.2, 0.25) is 15.9 Å². The first-order valence-electron chi connectivity index (χ1n) is 10.0. The van der Waals surface area contributed by atoms with Crippen LogP contribution < -0.4 is 5.32 Å². The summed E-state index contributed by atoms with van der Waals surface area (Å²) in [5.74, 6) is 1.25. The van der Waals surface area contributed by atoms with Gasteiger partial charge < -0.3 is 5.32 Å². The third kappa shape index (κ3) is 5.29. The summed E-state index contributed by atoms with van der Waals surface area (Å²) in [7, 11) is -3.29. The number of pyridine rings is 1. The number of piperidine rings is 1. The Balaban J connectivity index is 1.74. The first-order chi connectivity index (χ1) is 14.0. The van der Waals surface area contributed by atoms with E-state index in [0.717, 1.165) is 17.8 Å². The Morgan fingerprint density at radius 3 is 2.97 bits per heavy atom. The third-order valence-electron chi connectivity index (χ3n) is 5.19. The van der Waals surface area contributed by atoms with E-state index < -0.39 is 10.0 Å². The highest BCUT2D eigenvalue weighted by Gasteiger charge is 2.33. The molecule has 2 aromatic rings. The van der Waals surface area contributed by atoms with Crippen LogP contribution in [0, 0.1) is 5.92 Å². The van der Waals surface area contributed by atoms with Gasteiger partial charge >= 0.3 is 0 Å². The van der Waals surface area contributed by atoms with Crippen LogP contribution in [0.25, 0.3) is 5.65 Å². The van der Waals surface area contributed by atoms with Crippen molar-refractivity contribution in [2.45, 2.75) is 38.6 Å². The van der Waals surface area contributed by atoms with Crippen molar-refractivity contribution in [1.82, 2.24) is 24.2 Å². The topological polar surface area (TPSA) is 96.7 Å². The van der Waals surface area contributed by atoms with Gasteiger partial charge in [0.05, 0.1) is 17.7 Å². The highest BCUT2D eigenvalue weighted by molar-refractivity contribution is 7.98. The summed E-state index contributed by atoms with van der Waals surface area (Å²) < 4.78 is 28.2. The molecule has 1 N–H and O–H groups in total. The molecule has 0 saturated carbocycles. The van der Waals surface area contributed by atoms with E-state index in [0.29, 0.717) is 31.6 Å². The second-order valence-electron chi connectivity index (χ2n) is 7.34. The maximum Gasteiger partial charge on any atom is 0.225 e. The predicted octanol–water partition coefficient (Wildman–Crippen LogP) is 2.09. The summed E-state index contributed by atoms with van der Waals surface area (Å²) in [4.78, 5) is 13.0. The summed E-state index contributed by atoms with van der Waals surface area (Å²) in [6, 6.07) is 5.42. The fourth-order valence-corrected chi connectivity index (χ4v) is 5.74. The fraction of sp³-hybridized carbons (Fsp3) is 0.632. The molecule has 0 bridgehead atoms. The predicted molar refractivity (Wildman–Crippen MR) is 115 cm³/mol. The quantitative estimate of drug-likeness (QED) is 0.643. The third-order valence-corrected chi connectivity index (χ3v) is 7.88. The number of amides is 1. The first-order valence-corrected chi connectivity index (χ1v) is 13.0. The number of carbonyl (C=O) groups is 1. The molecule has 0 aliphatic carbocycles. The zero-order chi connectivity index (χ0) is 20.9. The number of hydrogen-bond acceptors (Lipinski definition) is 6. The van der Waals surface area contributed by atoms with Crippen LogP contribution in [0.1, 0.15) is 44.5 Å². The highest BCUT2D eigenvalue weighted by atomic mass is 32.2. The fourth-order valence-electron chi connectivity index (χ4n) is 3.68. The van der Waals surface area contributed by atoms with E-state index in [-0.39, 0.29) is 30.2 Å². The molecule has 1 amide bonds. The Labute approximate surface area is 176 Å². The Morgan fingerprint density at radius 2 is 2.21 bits per heavy atom. The van der Waals surface area contributed by atoms with Crippen LogP contribution in [-0.4, -0.2) is 64.1 Å². The molecule has 160 valence electrons. The van der Waals surface area contributed by atoms with Crippen LogP contribution in [0.15, 0.2) is 24.4 Å². The average Bonchev–Trinajstić information content (AvgIpc) is 3.15. The van der Waals surface area contributed by atoms with Gasteiger partial charge in [-0.25, -0.2) is 12.7 Å². The van der Waals surface area contributed by atoms with Gasteiger partial charge in [-0.3, -0.25) is 9.20 Å².